The average Bonchev–Trinajstić information content (AvgIpc) is 2.18. The molecule has 0 unspecified atom stereocenters. The summed E-state index contributed by atoms with van der Waals surface area (Å²) in [7, 11) is 0. The second-order valence-corrected chi connectivity index (χ2v) is 5.07. The Morgan fingerprint density at radius 2 is 1.36 bits per heavy atom. The molecule has 2 fully saturated rings. The number of piperazine rings is 1. The lowest BCUT2D eigenvalue weighted by Crippen LogP contribution is -3.23. The van der Waals surface area contributed by atoms with Crippen molar-refractivity contribution in [3.8, 4) is 0 Å². The molecule has 0 aromatic carbocycles. The first-order valence-electron chi connectivity index (χ1n) is 6.63. The number of quaternary nitrogens is 2. The van der Waals surface area contributed by atoms with Crippen LogP contribution in [-0.2, 0) is 0 Å². The van der Waals surface area contributed by atoms with Crippen LogP contribution < -0.4 is 10.2 Å². The van der Waals surface area contributed by atoms with Gasteiger partial charge in [0.25, 0.3) is 0 Å². The van der Waals surface area contributed by atoms with Crippen molar-refractivity contribution in [3.63, 3.8) is 0 Å². The smallest absolute Gasteiger partial charge is 0.127 e. The third-order valence-electron chi connectivity index (χ3n) is 4.02. The number of hydrogen-bond acceptors (Lipinski definition) is 0. The molecule has 1 aliphatic heterocycles. The maximum Gasteiger partial charge on any atom is 0.127 e. The van der Waals surface area contributed by atoms with Gasteiger partial charge in [-0.15, -0.1) is 0 Å². The van der Waals surface area contributed by atoms with Crippen LogP contribution in [0.1, 0.15) is 44.9 Å². The van der Waals surface area contributed by atoms with Crippen molar-refractivity contribution in [1.29, 1.82) is 0 Å². The minimum Gasteiger partial charge on any atom is -0.337 e. The molecule has 0 spiro atoms. The summed E-state index contributed by atoms with van der Waals surface area (Å²) >= 11 is 0. The number of nitrogens with two attached hydrogens (primary N) is 1. The van der Waals surface area contributed by atoms with Crippen LogP contribution in [0.15, 0.2) is 0 Å². The van der Waals surface area contributed by atoms with E-state index in [0.717, 1.165) is 6.04 Å². The summed E-state index contributed by atoms with van der Waals surface area (Å²) < 4.78 is 0. The Hall–Kier alpha value is -0.0800. The first-order valence-corrected chi connectivity index (χ1v) is 6.63. The van der Waals surface area contributed by atoms with E-state index in [4.69, 9.17) is 0 Å². The predicted octanol–water partition coefficient (Wildman–Crippen LogP) is -0.439. The summed E-state index contributed by atoms with van der Waals surface area (Å²) in [6.07, 6.45) is 10.5. The standard InChI is InChI=1S/C12H24N2/c1-2-4-6-12(7-5-3-1)14-10-8-13-9-11-14/h12-13H,1-11H2/p+2. The van der Waals surface area contributed by atoms with Gasteiger partial charge in [-0.05, 0) is 25.7 Å². The second kappa shape index (κ2) is 5.72. The van der Waals surface area contributed by atoms with Crippen LogP contribution in [0.5, 0.6) is 0 Å². The molecular weight excluding hydrogens is 172 g/mol. The van der Waals surface area contributed by atoms with Gasteiger partial charge in [-0.25, -0.2) is 0 Å². The molecule has 0 aromatic rings. The lowest BCUT2D eigenvalue weighted by molar-refractivity contribution is -0.967. The van der Waals surface area contributed by atoms with E-state index in [2.05, 4.69) is 5.32 Å². The van der Waals surface area contributed by atoms with Crippen LogP contribution in [0.2, 0.25) is 0 Å². The molecule has 2 rings (SSSR count). The van der Waals surface area contributed by atoms with Crippen molar-refractivity contribution in [1.82, 2.24) is 0 Å². The van der Waals surface area contributed by atoms with E-state index in [1.807, 2.05) is 4.90 Å². The van der Waals surface area contributed by atoms with Gasteiger partial charge >= 0.3 is 0 Å². The zero-order valence-electron chi connectivity index (χ0n) is 9.43. The Bertz CT molecular complexity index is 144. The van der Waals surface area contributed by atoms with Crippen molar-refractivity contribution in [2.75, 3.05) is 26.2 Å². The summed E-state index contributed by atoms with van der Waals surface area (Å²) in [5, 5.41) is 2.48. The highest BCUT2D eigenvalue weighted by Gasteiger charge is 2.25. The molecule has 0 bridgehead atoms. The lowest BCUT2D eigenvalue weighted by Gasteiger charge is -2.31. The summed E-state index contributed by atoms with van der Waals surface area (Å²) in [5.74, 6) is 0. The fourth-order valence-electron chi connectivity index (χ4n) is 3.12. The summed E-state index contributed by atoms with van der Waals surface area (Å²) in [6, 6.07) is 1.02. The van der Waals surface area contributed by atoms with E-state index in [1.165, 1.54) is 71.1 Å². The Labute approximate surface area is 88.1 Å². The molecule has 0 aromatic heterocycles. The third kappa shape index (κ3) is 2.96. The van der Waals surface area contributed by atoms with Crippen molar-refractivity contribution in [2.24, 2.45) is 0 Å². The molecule has 1 saturated heterocycles. The molecule has 1 aliphatic carbocycles. The second-order valence-electron chi connectivity index (χ2n) is 5.07. The van der Waals surface area contributed by atoms with Crippen LogP contribution in [-0.4, -0.2) is 32.2 Å². The molecule has 3 N–H and O–H groups in total. The Kier molecular flexibility index (Phi) is 4.26. The van der Waals surface area contributed by atoms with Crippen molar-refractivity contribution < 1.29 is 10.2 Å². The van der Waals surface area contributed by atoms with Gasteiger partial charge in [-0.3, -0.25) is 0 Å². The van der Waals surface area contributed by atoms with Crippen molar-refractivity contribution in [2.45, 2.75) is 51.0 Å². The normalized spacial score (nSPS) is 28.3. The minimum atomic E-state index is 1.02. The molecule has 14 heavy (non-hydrogen) atoms. The zero-order valence-corrected chi connectivity index (χ0v) is 9.43. The zero-order chi connectivity index (χ0) is 9.64. The van der Waals surface area contributed by atoms with Crippen LogP contribution in [0.25, 0.3) is 0 Å². The molecule has 2 heteroatoms. The molecular formula is C12H26N2+2. The average molecular weight is 198 g/mol. The fraction of sp³-hybridized carbons (Fsp3) is 1.00. The summed E-state index contributed by atoms with van der Waals surface area (Å²) in [6.45, 7) is 5.58. The van der Waals surface area contributed by atoms with Gasteiger partial charge in [0.2, 0.25) is 0 Å². The maximum atomic E-state index is 2.48. The first kappa shape index (κ1) is 10.4. The molecule has 0 atom stereocenters. The molecule has 0 radical (unpaired) electrons. The fourth-order valence-corrected chi connectivity index (χ4v) is 3.12. The molecule has 82 valence electrons. The van der Waals surface area contributed by atoms with Gasteiger partial charge in [0.1, 0.15) is 26.2 Å². The monoisotopic (exact) mass is 198 g/mol. The Morgan fingerprint density at radius 3 is 2.00 bits per heavy atom. The Balaban J connectivity index is 1.80. The largest absolute Gasteiger partial charge is 0.337 e. The van der Waals surface area contributed by atoms with E-state index >= 15 is 0 Å². The van der Waals surface area contributed by atoms with Gasteiger partial charge in [0.15, 0.2) is 0 Å². The van der Waals surface area contributed by atoms with Gasteiger partial charge in [0.05, 0.1) is 6.04 Å². The van der Waals surface area contributed by atoms with Gasteiger partial charge in [-0.1, -0.05) is 19.3 Å². The van der Waals surface area contributed by atoms with E-state index in [1.54, 1.807) is 0 Å². The topological polar surface area (TPSA) is 21.1 Å². The third-order valence-corrected chi connectivity index (χ3v) is 4.02. The molecule has 2 aliphatic rings. The molecule has 0 amide bonds. The highest BCUT2D eigenvalue weighted by Crippen LogP contribution is 2.15. The van der Waals surface area contributed by atoms with E-state index in [0.29, 0.717) is 0 Å². The first-order chi connectivity index (χ1) is 6.97. The highest BCUT2D eigenvalue weighted by molar-refractivity contribution is 4.62. The predicted molar refractivity (Wildman–Crippen MR) is 58.5 cm³/mol. The lowest BCUT2D eigenvalue weighted by atomic mass is 9.95. The molecule has 2 nitrogen and oxygen atoms in total. The van der Waals surface area contributed by atoms with E-state index in [-0.39, 0.29) is 0 Å². The van der Waals surface area contributed by atoms with E-state index in [9.17, 15) is 0 Å². The van der Waals surface area contributed by atoms with Crippen molar-refractivity contribution in [3.05, 3.63) is 0 Å². The summed E-state index contributed by atoms with van der Waals surface area (Å²) in [5.41, 5.74) is 0. The van der Waals surface area contributed by atoms with Gasteiger partial charge in [-0.2, -0.15) is 0 Å². The quantitative estimate of drug-likeness (QED) is 0.570. The number of rotatable bonds is 1. The minimum absolute atomic E-state index is 1.02. The Morgan fingerprint density at radius 1 is 0.786 bits per heavy atom. The summed E-state index contributed by atoms with van der Waals surface area (Å²) in [4.78, 5) is 1.93. The highest BCUT2D eigenvalue weighted by atomic mass is 15.2. The number of hydrogen-bond donors (Lipinski definition) is 2. The SMILES string of the molecule is C1CCCC([NH+]2CC[NH2+]CC2)CCC1. The van der Waals surface area contributed by atoms with Gasteiger partial charge < -0.3 is 10.2 Å². The van der Waals surface area contributed by atoms with Crippen LogP contribution in [0.3, 0.4) is 0 Å². The van der Waals surface area contributed by atoms with Crippen LogP contribution >= 0.6 is 0 Å². The van der Waals surface area contributed by atoms with Crippen molar-refractivity contribution >= 4 is 0 Å². The van der Waals surface area contributed by atoms with Gasteiger partial charge in [0, 0.05) is 0 Å². The van der Waals surface area contributed by atoms with Crippen LogP contribution in [0, 0.1) is 0 Å². The molecule has 1 heterocycles. The molecule has 1 saturated carbocycles. The maximum absolute atomic E-state index is 2.48. The van der Waals surface area contributed by atoms with E-state index < -0.39 is 0 Å². The number of nitrogens with one attached hydrogen (secondary N) is 1. The van der Waals surface area contributed by atoms with Crippen LogP contribution in [0.4, 0.5) is 0 Å².